The topological polar surface area (TPSA) is 0 Å². The Hall–Kier alpha value is -0.0100. The Kier molecular flexibility index (Phi) is 3.47. The van der Waals surface area contributed by atoms with Crippen molar-refractivity contribution < 1.29 is 0 Å². The van der Waals surface area contributed by atoms with Crippen LogP contribution in [-0.4, -0.2) is 4.83 Å². The second-order valence-electron chi connectivity index (χ2n) is 8.40. The average molecular weight is 368 g/mol. The molecule has 1 aromatic carbocycles. The summed E-state index contributed by atoms with van der Waals surface area (Å²) in [6, 6.07) is 8.36. The van der Waals surface area contributed by atoms with Crippen molar-refractivity contribution >= 4 is 27.5 Å². The normalized spacial score (nSPS) is 42.2. The molecule has 4 fully saturated rings. The third kappa shape index (κ3) is 2.49. The van der Waals surface area contributed by atoms with Gasteiger partial charge >= 0.3 is 0 Å². The molecule has 0 radical (unpaired) electrons. The van der Waals surface area contributed by atoms with Crippen LogP contribution in [0.15, 0.2) is 24.3 Å². The Bertz CT molecular complexity index is 538. The van der Waals surface area contributed by atoms with Crippen molar-refractivity contribution in [1.82, 2.24) is 0 Å². The Morgan fingerprint density at radius 1 is 1.19 bits per heavy atom. The van der Waals surface area contributed by atoms with E-state index in [4.69, 9.17) is 11.6 Å². The zero-order valence-electron chi connectivity index (χ0n) is 12.7. The van der Waals surface area contributed by atoms with Gasteiger partial charge in [0.1, 0.15) is 0 Å². The van der Waals surface area contributed by atoms with Crippen molar-refractivity contribution in [2.24, 2.45) is 22.7 Å². The average Bonchev–Trinajstić information content (AvgIpc) is 2.38. The molecule has 0 aliphatic heterocycles. The summed E-state index contributed by atoms with van der Waals surface area (Å²) in [5.74, 6) is 1.98. The molecule has 0 N–H and O–H groups in total. The number of hydrogen-bond acceptors (Lipinski definition) is 0. The van der Waals surface area contributed by atoms with E-state index in [0.29, 0.717) is 15.7 Å². The van der Waals surface area contributed by atoms with Gasteiger partial charge in [-0.05, 0) is 79.2 Å². The van der Waals surface area contributed by atoms with Gasteiger partial charge in [0.15, 0.2) is 0 Å². The minimum atomic E-state index is 0.526. The lowest BCUT2D eigenvalue weighted by atomic mass is 9.44. The smallest absolute Gasteiger partial charge is 0.0438 e. The molecule has 0 spiro atoms. The van der Waals surface area contributed by atoms with Crippen LogP contribution in [0, 0.1) is 22.7 Å². The molecular formula is C19H24BrCl. The van der Waals surface area contributed by atoms with Crippen molar-refractivity contribution in [2.45, 2.75) is 56.7 Å². The number of hydrogen-bond donors (Lipinski definition) is 0. The lowest BCUT2D eigenvalue weighted by Crippen LogP contribution is -2.54. The molecule has 114 valence electrons. The standard InChI is InChI=1S/C19H24BrCl/c1-18-8-13-6-14(9-18)11-19(10-13,12-18)17(20)7-15-4-2-3-5-16(15)21/h2-5,13-14,17H,6-12H2,1H3. The van der Waals surface area contributed by atoms with Crippen LogP contribution in [0.1, 0.15) is 51.0 Å². The van der Waals surface area contributed by atoms with Gasteiger partial charge < -0.3 is 0 Å². The first-order chi connectivity index (χ1) is 9.98. The van der Waals surface area contributed by atoms with Crippen molar-refractivity contribution in [3.63, 3.8) is 0 Å². The van der Waals surface area contributed by atoms with Crippen molar-refractivity contribution in [2.75, 3.05) is 0 Å². The number of rotatable bonds is 3. The number of alkyl halides is 1. The maximum atomic E-state index is 6.38. The molecule has 1 aromatic rings. The molecule has 0 saturated heterocycles. The summed E-state index contributed by atoms with van der Waals surface area (Å²) in [6.45, 7) is 2.55. The summed E-state index contributed by atoms with van der Waals surface area (Å²) < 4.78 is 0. The zero-order valence-corrected chi connectivity index (χ0v) is 15.1. The highest BCUT2D eigenvalue weighted by Gasteiger charge is 2.57. The highest BCUT2D eigenvalue weighted by molar-refractivity contribution is 9.09. The van der Waals surface area contributed by atoms with Crippen molar-refractivity contribution in [1.29, 1.82) is 0 Å². The molecule has 2 heteroatoms. The molecule has 0 nitrogen and oxygen atoms in total. The van der Waals surface area contributed by atoms with Gasteiger partial charge in [-0.1, -0.05) is 52.7 Å². The van der Waals surface area contributed by atoms with Gasteiger partial charge in [0.2, 0.25) is 0 Å². The van der Waals surface area contributed by atoms with Crippen LogP contribution in [0.4, 0.5) is 0 Å². The van der Waals surface area contributed by atoms with Gasteiger partial charge in [-0.25, -0.2) is 0 Å². The fraction of sp³-hybridized carbons (Fsp3) is 0.684. The van der Waals surface area contributed by atoms with Crippen LogP contribution in [-0.2, 0) is 6.42 Å². The SMILES string of the molecule is CC12CC3CC(C1)CC(C(Br)Cc1ccccc1Cl)(C3)C2. The summed E-state index contributed by atoms with van der Waals surface area (Å²) in [6.07, 6.45) is 9.86. The molecule has 3 atom stereocenters. The van der Waals surface area contributed by atoms with E-state index in [1.54, 1.807) is 0 Å². The molecule has 0 heterocycles. The third-order valence-corrected chi connectivity index (χ3v) is 8.08. The van der Waals surface area contributed by atoms with E-state index in [2.05, 4.69) is 35.0 Å². The summed E-state index contributed by atoms with van der Waals surface area (Å²) in [5, 5.41) is 0.929. The lowest BCUT2D eigenvalue weighted by Gasteiger charge is -2.63. The molecule has 21 heavy (non-hydrogen) atoms. The second kappa shape index (κ2) is 4.99. The minimum Gasteiger partial charge on any atom is -0.0881 e. The minimum absolute atomic E-state index is 0.526. The van der Waals surface area contributed by atoms with Gasteiger partial charge in [0.25, 0.3) is 0 Å². The van der Waals surface area contributed by atoms with Crippen LogP contribution < -0.4 is 0 Å². The first kappa shape index (κ1) is 14.6. The molecule has 3 unspecified atom stereocenters. The van der Waals surface area contributed by atoms with Crippen LogP contribution >= 0.6 is 27.5 Å². The molecule has 4 saturated carbocycles. The molecule has 0 amide bonds. The Morgan fingerprint density at radius 2 is 1.86 bits per heavy atom. The van der Waals surface area contributed by atoms with Crippen molar-refractivity contribution in [3.05, 3.63) is 34.9 Å². The predicted octanol–water partition coefficient (Wildman–Crippen LogP) is 6.25. The maximum Gasteiger partial charge on any atom is 0.0438 e. The zero-order chi connectivity index (χ0) is 14.7. The van der Waals surface area contributed by atoms with E-state index in [9.17, 15) is 0 Å². The predicted molar refractivity (Wildman–Crippen MR) is 93.1 cm³/mol. The first-order valence-corrected chi connectivity index (χ1v) is 9.65. The highest BCUT2D eigenvalue weighted by atomic mass is 79.9. The van der Waals surface area contributed by atoms with E-state index in [1.165, 1.54) is 44.1 Å². The van der Waals surface area contributed by atoms with E-state index in [1.807, 2.05) is 12.1 Å². The molecule has 4 bridgehead atoms. The molecule has 4 aliphatic rings. The van der Waals surface area contributed by atoms with Gasteiger partial charge in [0, 0.05) is 9.85 Å². The fourth-order valence-corrected chi connectivity index (χ4v) is 7.34. The van der Waals surface area contributed by atoms with E-state index < -0.39 is 0 Å². The summed E-state index contributed by atoms with van der Waals surface area (Å²) in [5.41, 5.74) is 2.45. The van der Waals surface area contributed by atoms with Gasteiger partial charge in [-0.3, -0.25) is 0 Å². The van der Waals surface area contributed by atoms with E-state index in [-0.39, 0.29) is 0 Å². The Balaban J connectivity index is 1.59. The summed E-state index contributed by atoms with van der Waals surface area (Å²) >= 11 is 10.5. The molecule has 0 aromatic heterocycles. The summed E-state index contributed by atoms with van der Waals surface area (Å²) in [7, 11) is 0. The Morgan fingerprint density at radius 3 is 2.48 bits per heavy atom. The Labute approximate surface area is 141 Å². The fourth-order valence-electron chi connectivity index (χ4n) is 6.24. The second-order valence-corrected chi connectivity index (χ2v) is 9.91. The van der Waals surface area contributed by atoms with Crippen LogP contribution in [0.25, 0.3) is 0 Å². The van der Waals surface area contributed by atoms with Gasteiger partial charge in [0.05, 0.1) is 0 Å². The van der Waals surface area contributed by atoms with Crippen LogP contribution in [0.3, 0.4) is 0 Å². The van der Waals surface area contributed by atoms with E-state index in [0.717, 1.165) is 23.3 Å². The molecule has 4 aliphatic carbocycles. The number of benzene rings is 1. The quantitative estimate of drug-likeness (QED) is 0.554. The molecule has 5 rings (SSSR count). The third-order valence-electron chi connectivity index (χ3n) is 6.42. The van der Waals surface area contributed by atoms with Gasteiger partial charge in [-0.2, -0.15) is 0 Å². The van der Waals surface area contributed by atoms with Gasteiger partial charge in [-0.15, -0.1) is 0 Å². The first-order valence-electron chi connectivity index (χ1n) is 8.36. The maximum absolute atomic E-state index is 6.38. The van der Waals surface area contributed by atoms with Crippen molar-refractivity contribution in [3.8, 4) is 0 Å². The van der Waals surface area contributed by atoms with Crippen LogP contribution in [0.2, 0.25) is 5.02 Å². The number of halogens is 2. The largest absolute Gasteiger partial charge is 0.0881 e. The van der Waals surface area contributed by atoms with E-state index >= 15 is 0 Å². The summed E-state index contributed by atoms with van der Waals surface area (Å²) in [4.78, 5) is 0.579. The molecular weight excluding hydrogens is 344 g/mol. The van der Waals surface area contributed by atoms with Crippen LogP contribution in [0.5, 0.6) is 0 Å². The highest BCUT2D eigenvalue weighted by Crippen LogP contribution is 2.67. The lowest BCUT2D eigenvalue weighted by molar-refractivity contribution is -0.101. The monoisotopic (exact) mass is 366 g/mol.